The summed E-state index contributed by atoms with van der Waals surface area (Å²) >= 11 is 0. The van der Waals surface area contributed by atoms with Crippen LogP contribution < -0.4 is 11.3 Å². The Bertz CT molecular complexity index is 368. The summed E-state index contributed by atoms with van der Waals surface area (Å²) in [5.41, 5.74) is 5.46. The maximum absolute atomic E-state index is 12.5. The van der Waals surface area contributed by atoms with Gasteiger partial charge in [-0.2, -0.15) is 0 Å². The Kier molecular flexibility index (Phi) is 1.83. The van der Waals surface area contributed by atoms with E-state index in [1.165, 1.54) is 4.57 Å². The van der Waals surface area contributed by atoms with Crippen molar-refractivity contribution in [2.75, 3.05) is 5.73 Å². The van der Waals surface area contributed by atoms with Crippen LogP contribution in [0.3, 0.4) is 0 Å². The Morgan fingerprint density at radius 2 is 2.23 bits per heavy atom. The van der Waals surface area contributed by atoms with E-state index in [2.05, 4.69) is 0 Å². The van der Waals surface area contributed by atoms with Crippen LogP contribution in [-0.2, 0) is 0 Å². The van der Waals surface area contributed by atoms with Crippen LogP contribution in [-0.4, -0.2) is 10.7 Å². The van der Waals surface area contributed by atoms with Crippen LogP contribution >= 0.6 is 0 Å². The summed E-state index contributed by atoms with van der Waals surface area (Å²) in [4.78, 5) is 11.4. The average Bonchev–Trinajstić information content (AvgIpc) is 2.05. The number of halogens is 1. The molecule has 2 rings (SSSR count). The molecule has 1 saturated carbocycles. The molecule has 0 saturated heterocycles. The zero-order chi connectivity index (χ0) is 9.42. The molecule has 1 heterocycles. The molecule has 1 fully saturated rings. The lowest BCUT2D eigenvalue weighted by atomic mass is 9.90. The molecule has 0 aromatic carbocycles. The van der Waals surface area contributed by atoms with Gasteiger partial charge in [0.05, 0.1) is 5.69 Å². The second-order valence-electron chi connectivity index (χ2n) is 3.40. The Labute approximate surface area is 75.0 Å². The number of nitrogen functional groups attached to an aromatic ring is 1. The highest BCUT2D eigenvalue weighted by atomic mass is 19.1. The average molecular weight is 182 g/mol. The number of pyridine rings is 1. The first kappa shape index (κ1) is 8.29. The third-order valence-corrected chi connectivity index (χ3v) is 2.45. The minimum atomic E-state index is -0.752. The normalized spacial score (nSPS) is 26.8. The fraction of sp³-hybridized carbons (Fsp3) is 0.444. The standard InChI is InChI=1S/C9H11FN2O/c10-6-4-7(5-6)12-3-1-2-8(11)9(12)13/h1-3,6-7H,4-5,11H2/t6-,7-. The van der Waals surface area contributed by atoms with Gasteiger partial charge in [0.25, 0.3) is 5.56 Å². The molecule has 0 unspecified atom stereocenters. The molecule has 0 bridgehead atoms. The zero-order valence-corrected chi connectivity index (χ0v) is 7.11. The molecule has 4 heteroatoms. The molecule has 70 valence electrons. The summed E-state index contributed by atoms with van der Waals surface area (Å²) in [6.07, 6.45) is 1.78. The van der Waals surface area contributed by atoms with Crippen molar-refractivity contribution in [1.29, 1.82) is 0 Å². The van der Waals surface area contributed by atoms with Crippen molar-refractivity contribution in [2.45, 2.75) is 25.1 Å². The Morgan fingerprint density at radius 3 is 2.85 bits per heavy atom. The van der Waals surface area contributed by atoms with Crippen LogP contribution in [0.1, 0.15) is 18.9 Å². The van der Waals surface area contributed by atoms with Gasteiger partial charge in [-0.1, -0.05) is 0 Å². The minimum absolute atomic E-state index is 0.00556. The van der Waals surface area contributed by atoms with Gasteiger partial charge in [-0.05, 0) is 25.0 Å². The van der Waals surface area contributed by atoms with Crippen molar-refractivity contribution in [3.63, 3.8) is 0 Å². The number of nitrogens with two attached hydrogens (primary N) is 1. The van der Waals surface area contributed by atoms with Crippen LogP contribution in [0.15, 0.2) is 23.1 Å². The van der Waals surface area contributed by atoms with Crippen molar-refractivity contribution in [1.82, 2.24) is 4.57 Å². The van der Waals surface area contributed by atoms with E-state index in [1.54, 1.807) is 18.3 Å². The molecule has 1 aromatic heterocycles. The highest BCUT2D eigenvalue weighted by molar-refractivity contribution is 5.33. The van der Waals surface area contributed by atoms with E-state index in [-0.39, 0.29) is 17.3 Å². The van der Waals surface area contributed by atoms with Crippen molar-refractivity contribution in [3.05, 3.63) is 28.7 Å². The zero-order valence-electron chi connectivity index (χ0n) is 7.11. The first-order chi connectivity index (χ1) is 6.18. The van der Waals surface area contributed by atoms with Gasteiger partial charge in [-0.3, -0.25) is 4.79 Å². The number of nitrogens with zero attached hydrogens (tertiary/aromatic N) is 1. The first-order valence-electron chi connectivity index (χ1n) is 4.29. The summed E-state index contributed by atoms with van der Waals surface area (Å²) in [6, 6.07) is 3.28. The van der Waals surface area contributed by atoms with E-state index in [0.29, 0.717) is 12.8 Å². The van der Waals surface area contributed by atoms with E-state index >= 15 is 0 Å². The fourth-order valence-corrected chi connectivity index (χ4v) is 1.56. The topological polar surface area (TPSA) is 48.0 Å². The van der Waals surface area contributed by atoms with Gasteiger partial charge in [-0.25, -0.2) is 4.39 Å². The summed E-state index contributed by atoms with van der Waals surface area (Å²) in [5, 5.41) is 0. The lowest BCUT2D eigenvalue weighted by molar-refractivity contribution is 0.134. The third kappa shape index (κ3) is 1.32. The summed E-state index contributed by atoms with van der Waals surface area (Å²) in [7, 11) is 0. The quantitative estimate of drug-likeness (QED) is 0.707. The molecule has 1 aromatic rings. The van der Waals surface area contributed by atoms with Crippen LogP contribution in [0.25, 0.3) is 0 Å². The number of hydrogen-bond donors (Lipinski definition) is 1. The van der Waals surface area contributed by atoms with Gasteiger partial charge in [0.1, 0.15) is 6.17 Å². The molecule has 0 aliphatic heterocycles. The van der Waals surface area contributed by atoms with Crippen molar-refractivity contribution in [3.8, 4) is 0 Å². The highest BCUT2D eigenvalue weighted by Crippen LogP contribution is 2.33. The SMILES string of the molecule is Nc1cccn([C@H]2C[C@H](F)C2)c1=O. The molecule has 0 radical (unpaired) electrons. The summed E-state index contributed by atoms with van der Waals surface area (Å²) in [6.45, 7) is 0. The molecule has 0 amide bonds. The van der Waals surface area contributed by atoms with Crippen molar-refractivity contribution in [2.24, 2.45) is 0 Å². The van der Waals surface area contributed by atoms with Crippen LogP contribution in [0.5, 0.6) is 0 Å². The smallest absolute Gasteiger partial charge is 0.273 e. The molecular weight excluding hydrogens is 171 g/mol. The minimum Gasteiger partial charge on any atom is -0.394 e. The highest BCUT2D eigenvalue weighted by Gasteiger charge is 2.30. The summed E-state index contributed by atoms with van der Waals surface area (Å²) in [5.74, 6) is 0. The van der Waals surface area contributed by atoms with E-state index < -0.39 is 6.17 Å². The second-order valence-corrected chi connectivity index (χ2v) is 3.40. The number of rotatable bonds is 1. The van der Waals surface area contributed by atoms with Gasteiger partial charge in [-0.15, -0.1) is 0 Å². The van der Waals surface area contributed by atoms with Gasteiger partial charge in [0.15, 0.2) is 0 Å². The summed E-state index contributed by atoms with van der Waals surface area (Å²) < 4.78 is 14.1. The van der Waals surface area contributed by atoms with E-state index in [4.69, 9.17) is 5.73 Å². The number of alkyl halides is 1. The Morgan fingerprint density at radius 1 is 1.54 bits per heavy atom. The molecule has 1 aliphatic carbocycles. The second kappa shape index (κ2) is 2.87. The predicted octanol–water partition coefficient (Wildman–Crippen LogP) is 1.10. The molecule has 3 nitrogen and oxygen atoms in total. The molecule has 0 atom stereocenters. The molecule has 0 spiro atoms. The Balaban J connectivity index is 2.31. The van der Waals surface area contributed by atoms with Gasteiger partial charge >= 0.3 is 0 Å². The maximum atomic E-state index is 12.5. The van der Waals surface area contributed by atoms with Gasteiger partial charge in [0, 0.05) is 12.2 Å². The van der Waals surface area contributed by atoms with Crippen LogP contribution in [0.2, 0.25) is 0 Å². The molecule has 1 aliphatic rings. The van der Waals surface area contributed by atoms with Crippen molar-refractivity contribution < 1.29 is 4.39 Å². The maximum Gasteiger partial charge on any atom is 0.273 e. The van der Waals surface area contributed by atoms with E-state index in [0.717, 1.165) is 0 Å². The molecular formula is C9H11FN2O. The fourth-order valence-electron chi connectivity index (χ4n) is 1.56. The van der Waals surface area contributed by atoms with Crippen LogP contribution in [0.4, 0.5) is 10.1 Å². The van der Waals surface area contributed by atoms with E-state index in [9.17, 15) is 9.18 Å². The monoisotopic (exact) mass is 182 g/mol. The molecule has 13 heavy (non-hydrogen) atoms. The largest absolute Gasteiger partial charge is 0.394 e. The first-order valence-corrected chi connectivity index (χ1v) is 4.29. The van der Waals surface area contributed by atoms with Gasteiger partial charge in [0.2, 0.25) is 0 Å². The molecule has 2 N–H and O–H groups in total. The van der Waals surface area contributed by atoms with E-state index in [1.807, 2.05) is 0 Å². The predicted molar refractivity (Wildman–Crippen MR) is 48.3 cm³/mol. The Hall–Kier alpha value is -1.32. The number of aromatic nitrogens is 1. The third-order valence-electron chi connectivity index (χ3n) is 2.45. The lowest BCUT2D eigenvalue weighted by Crippen LogP contribution is -2.35. The number of anilines is 1. The number of hydrogen-bond acceptors (Lipinski definition) is 2. The van der Waals surface area contributed by atoms with Crippen molar-refractivity contribution >= 4 is 5.69 Å². The van der Waals surface area contributed by atoms with Crippen LogP contribution in [0, 0.1) is 0 Å². The lowest BCUT2D eigenvalue weighted by Gasteiger charge is -2.31. The van der Waals surface area contributed by atoms with Gasteiger partial charge < -0.3 is 10.3 Å².